The Balaban J connectivity index is 1.71. The topological polar surface area (TPSA) is 79.7 Å². The number of nitrogens with zero attached hydrogens (tertiary/aromatic N) is 4. The summed E-state index contributed by atoms with van der Waals surface area (Å²) in [4.78, 5) is 36.3. The van der Waals surface area contributed by atoms with Crippen molar-refractivity contribution in [2.45, 2.75) is 31.0 Å². The molecule has 0 spiro atoms. The molecule has 1 N–H and O–H groups in total. The summed E-state index contributed by atoms with van der Waals surface area (Å²) in [6.07, 6.45) is 9.29. The summed E-state index contributed by atoms with van der Waals surface area (Å²) in [7, 11) is 3.34. The molecule has 3 heterocycles. The fourth-order valence-corrected chi connectivity index (χ4v) is 5.53. The maximum Gasteiger partial charge on any atom is 0.315 e. The van der Waals surface area contributed by atoms with E-state index >= 15 is 4.39 Å². The van der Waals surface area contributed by atoms with E-state index in [-0.39, 0.29) is 18.2 Å². The number of halogens is 1. The Morgan fingerprint density at radius 3 is 2.51 bits per heavy atom. The number of hydrogen-bond donors (Lipinski definition) is 1. The second-order valence-corrected chi connectivity index (χ2v) is 9.90. The molecular formula is C30H32FN5O3. The van der Waals surface area contributed by atoms with Gasteiger partial charge in [-0.25, -0.2) is 14.6 Å². The maximum atomic E-state index is 15.5. The monoisotopic (exact) mass is 529 g/mol. The Morgan fingerprint density at radius 2 is 1.85 bits per heavy atom. The normalized spacial score (nSPS) is 19.0. The lowest BCUT2D eigenvalue weighted by molar-refractivity contribution is -0.154. The lowest BCUT2D eigenvalue weighted by atomic mass is 9.91. The highest BCUT2D eigenvalue weighted by Crippen LogP contribution is 2.35. The highest BCUT2D eigenvalue weighted by atomic mass is 19.1. The fraction of sp³-hybridized carbons (Fsp3) is 0.300. The average Bonchev–Trinajstić information content (AvgIpc) is 3.58. The highest BCUT2D eigenvalue weighted by Gasteiger charge is 2.50. The Hall–Kier alpha value is -4.08. The van der Waals surface area contributed by atoms with Crippen LogP contribution in [0.4, 0.5) is 4.39 Å². The van der Waals surface area contributed by atoms with Crippen LogP contribution in [0.15, 0.2) is 90.8 Å². The number of hydrogen-bond acceptors (Lipinski definition) is 6. The number of benzene rings is 2. The first-order chi connectivity index (χ1) is 18.9. The van der Waals surface area contributed by atoms with E-state index in [9.17, 15) is 9.59 Å². The van der Waals surface area contributed by atoms with E-state index in [1.165, 1.54) is 18.0 Å². The Bertz CT molecular complexity index is 1390. The SMILES string of the molecule is CONC(=O)C(=O)[C@@](Cc1ccccc1)(N1C=C(C2CCCN2C)C=CC1)n1cc(F)c(-c2ccccc2)n1. The minimum Gasteiger partial charge on any atom is -0.343 e. The summed E-state index contributed by atoms with van der Waals surface area (Å²) in [5.41, 5.74) is 2.93. The van der Waals surface area contributed by atoms with Crippen molar-refractivity contribution in [3.63, 3.8) is 0 Å². The van der Waals surface area contributed by atoms with Gasteiger partial charge >= 0.3 is 5.91 Å². The van der Waals surface area contributed by atoms with Crippen LogP contribution in [-0.2, 0) is 26.5 Å². The third-order valence-electron chi connectivity index (χ3n) is 7.45. The number of ketones is 1. The minimum atomic E-state index is -1.72. The number of nitrogens with one attached hydrogen (secondary N) is 1. The minimum absolute atomic E-state index is 0.0667. The van der Waals surface area contributed by atoms with Gasteiger partial charge in [-0.15, -0.1) is 0 Å². The van der Waals surface area contributed by atoms with Crippen molar-refractivity contribution >= 4 is 11.7 Å². The molecule has 1 unspecified atom stereocenters. The standard InChI is InChI=1S/C30H32FN5O3/c1-34-17-10-16-26(34)24-15-9-18-35(20-24)30(28(37)29(38)33-39-2,19-22-11-5-3-6-12-22)36-21-25(31)27(32-36)23-13-7-4-8-14-23/h3-9,11-15,20-21,26H,10,16-19H2,1-2H3,(H,33,38)/t26?,30-/m0/s1. The number of amides is 1. The average molecular weight is 530 g/mol. The van der Waals surface area contributed by atoms with Crippen molar-refractivity contribution in [1.29, 1.82) is 0 Å². The molecule has 0 bridgehead atoms. The number of likely N-dealkylation sites (tertiary alicyclic amines) is 1. The fourth-order valence-electron chi connectivity index (χ4n) is 5.53. The Morgan fingerprint density at radius 1 is 1.13 bits per heavy atom. The first kappa shape index (κ1) is 26.5. The molecule has 2 atom stereocenters. The van der Waals surface area contributed by atoms with Crippen LogP contribution in [-0.4, -0.2) is 64.6 Å². The van der Waals surface area contributed by atoms with E-state index in [1.807, 2.05) is 48.7 Å². The number of Topliss-reactive ketones (excluding diaryl/α,β-unsaturated/α-hetero) is 1. The Kier molecular flexibility index (Phi) is 7.72. The predicted octanol–water partition coefficient (Wildman–Crippen LogP) is 3.68. The van der Waals surface area contributed by atoms with Gasteiger partial charge in [0.15, 0.2) is 5.82 Å². The van der Waals surface area contributed by atoms with Crippen molar-refractivity contribution in [1.82, 2.24) is 25.1 Å². The summed E-state index contributed by atoms with van der Waals surface area (Å²) < 4.78 is 16.9. The number of hydroxylamine groups is 1. The van der Waals surface area contributed by atoms with E-state index < -0.39 is 23.2 Å². The number of rotatable bonds is 9. The molecule has 2 aliphatic rings. The van der Waals surface area contributed by atoms with Gasteiger partial charge in [-0.1, -0.05) is 72.8 Å². The molecule has 1 fully saturated rings. The van der Waals surface area contributed by atoms with E-state index in [0.717, 1.165) is 30.5 Å². The van der Waals surface area contributed by atoms with Gasteiger partial charge in [-0.2, -0.15) is 5.10 Å². The van der Waals surface area contributed by atoms with E-state index in [4.69, 9.17) is 4.84 Å². The molecule has 5 rings (SSSR count). The molecule has 0 radical (unpaired) electrons. The number of carbonyl (C=O) groups is 2. The van der Waals surface area contributed by atoms with Crippen molar-refractivity contribution in [3.05, 3.63) is 102 Å². The molecule has 202 valence electrons. The molecule has 8 nitrogen and oxygen atoms in total. The molecule has 1 saturated heterocycles. The van der Waals surface area contributed by atoms with Gasteiger partial charge in [0.1, 0.15) is 5.69 Å². The molecule has 9 heteroatoms. The van der Waals surface area contributed by atoms with Gasteiger partial charge < -0.3 is 4.90 Å². The van der Waals surface area contributed by atoms with Crippen LogP contribution in [0, 0.1) is 5.82 Å². The molecule has 3 aromatic rings. The van der Waals surface area contributed by atoms with Gasteiger partial charge in [-0.3, -0.25) is 19.3 Å². The molecular weight excluding hydrogens is 497 g/mol. The highest BCUT2D eigenvalue weighted by molar-refractivity contribution is 6.38. The van der Waals surface area contributed by atoms with E-state index in [0.29, 0.717) is 12.1 Å². The van der Waals surface area contributed by atoms with Crippen molar-refractivity contribution in [3.8, 4) is 11.3 Å². The quantitative estimate of drug-likeness (QED) is 0.337. The zero-order valence-corrected chi connectivity index (χ0v) is 22.1. The third-order valence-corrected chi connectivity index (χ3v) is 7.45. The summed E-state index contributed by atoms with van der Waals surface area (Å²) >= 11 is 0. The summed E-state index contributed by atoms with van der Waals surface area (Å²) in [5, 5.41) is 4.62. The van der Waals surface area contributed by atoms with Crippen LogP contribution in [0.1, 0.15) is 18.4 Å². The zero-order valence-electron chi connectivity index (χ0n) is 22.1. The Labute approximate surface area is 227 Å². The summed E-state index contributed by atoms with van der Waals surface area (Å²) in [6, 6.07) is 18.5. The maximum absolute atomic E-state index is 15.5. The molecule has 2 aromatic carbocycles. The largest absolute Gasteiger partial charge is 0.343 e. The zero-order chi connectivity index (χ0) is 27.4. The van der Waals surface area contributed by atoms with Crippen LogP contribution in [0.5, 0.6) is 0 Å². The molecule has 1 aromatic heterocycles. The first-order valence-electron chi connectivity index (χ1n) is 13.0. The predicted molar refractivity (Wildman–Crippen MR) is 145 cm³/mol. The van der Waals surface area contributed by atoms with E-state index in [1.54, 1.807) is 29.2 Å². The van der Waals surface area contributed by atoms with Gasteiger partial charge in [0.2, 0.25) is 5.66 Å². The molecule has 1 amide bonds. The van der Waals surface area contributed by atoms with Crippen molar-refractivity contribution in [2.24, 2.45) is 0 Å². The van der Waals surface area contributed by atoms with Crippen LogP contribution >= 0.6 is 0 Å². The van der Waals surface area contributed by atoms with Gasteiger partial charge in [0.25, 0.3) is 5.78 Å². The smallest absolute Gasteiger partial charge is 0.315 e. The number of carbonyl (C=O) groups excluding carboxylic acids is 2. The molecule has 0 aliphatic carbocycles. The van der Waals surface area contributed by atoms with Gasteiger partial charge in [0, 0.05) is 30.8 Å². The summed E-state index contributed by atoms with van der Waals surface area (Å²) in [5.74, 6) is -2.36. The van der Waals surface area contributed by atoms with Crippen LogP contribution in [0.3, 0.4) is 0 Å². The van der Waals surface area contributed by atoms with E-state index in [2.05, 4.69) is 28.6 Å². The molecule has 39 heavy (non-hydrogen) atoms. The van der Waals surface area contributed by atoms with Gasteiger partial charge in [0.05, 0.1) is 13.3 Å². The second kappa shape index (κ2) is 11.3. The third kappa shape index (κ3) is 5.15. The first-order valence-corrected chi connectivity index (χ1v) is 13.0. The van der Waals surface area contributed by atoms with Crippen LogP contribution in [0.25, 0.3) is 11.3 Å². The second-order valence-electron chi connectivity index (χ2n) is 9.90. The summed E-state index contributed by atoms with van der Waals surface area (Å²) in [6.45, 7) is 1.30. The molecule has 2 aliphatic heterocycles. The van der Waals surface area contributed by atoms with Crippen LogP contribution in [0.2, 0.25) is 0 Å². The van der Waals surface area contributed by atoms with Gasteiger partial charge in [-0.05, 0) is 37.6 Å². The van der Waals surface area contributed by atoms with Crippen molar-refractivity contribution < 1.29 is 18.8 Å². The van der Waals surface area contributed by atoms with Crippen LogP contribution < -0.4 is 5.48 Å². The number of aromatic nitrogens is 2. The van der Waals surface area contributed by atoms with Crippen molar-refractivity contribution in [2.75, 3.05) is 27.2 Å². The lowest BCUT2D eigenvalue weighted by Crippen LogP contribution is -2.60. The number of likely N-dealkylation sites (N-methyl/N-ethyl adjacent to an activating group) is 1. The molecule has 0 saturated carbocycles. The lowest BCUT2D eigenvalue weighted by Gasteiger charge is -2.43.